The van der Waals surface area contributed by atoms with Crippen LogP contribution in [0.3, 0.4) is 0 Å². The first kappa shape index (κ1) is 27.8. The lowest BCUT2D eigenvalue weighted by Crippen LogP contribution is -2.51. The zero-order valence-corrected chi connectivity index (χ0v) is 22.5. The van der Waals surface area contributed by atoms with Crippen LogP contribution in [0.5, 0.6) is 5.75 Å². The van der Waals surface area contributed by atoms with Gasteiger partial charge >= 0.3 is 0 Å². The van der Waals surface area contributed by atoms with Crippen LogP contribution in [-0.2, 0) is 21.5 Å². The van der Waals surface area contributed by atoms with E-state index in [0.29, 0.717) is 12.2 Å². The van der Waals surface area contributed by atoms with Crippen LogP contribution in [0.4, 0.5) is 4.39 Å². The van der Waals surface area contributed by atoms with Gasteiger partial charge in [-0.25, -0.2) is 4.39 Å². The average molecular weight is 535 g/mol. The summed E-state index contributed by atoms with van der Waals surface area (Å²) in [4.78, 5) is 27.8. The molecule has 0 heterocycles. The Morgan fingerprint density at radius 1 is 1.09 bits per heavy atom. The third-order valence-electron chi connectivity index (χ3n) is 5.80. The van der Waals surface area contributed by atoms with Gasteiger partial charge in [0.25, 0.3) is 5.91 Å². The van der Waals surface area contributed by atoms with Crippen LogP contribution in [0.15, 0.2) is 46.9 Å². The molecule has 2 amide bonds. The largest absolute Gasteiger partial charge is 0.483 e. The maximum absolute atomic E-state index is 13.4. The van der Waals surface area contributed by atoms with Crippen molar-refractivity contribution >= 4 is 27.7 Å². The van der Waals surface area contributed by atoms with Gasteiger partial charge in [-0.15, -0.1) is 0 Å². The molecule has 0 saturated heterocycles. The highest BCUT2D eigenvalue weighted by atomic mass is 79.9. The van der Waals surface area contributed by atoms with E-state index in [1.807, 2.05) is 39.0 Å². The monoisotopic (exact) mass is 534 g/mol. The number of amides is 2. The molecular formula is C27H36BrFN2O3. The summed E-state index contributed by atoms with van der Waals surface area (Å²) in [5, 5.41) is 2.97. The minimum Gasteiger partial charge on any atom is -0.483 e. The molecular weight excluding hydrogens is 499 g/mol. The van der Waals surface area contributed by atoms with Crippen LogP contribution in [0.25, 0.3) is 0 Å². The second kappa shape index (κ2) is 12.3. The summed E-state index contributed by atoms with van der Waals surface area (Å²) in [6, 6.07) is 11.1. The van der Waals surface area contributed by atoms with Crippen LogP contribution < -0.4 is 10.1 Å². The number of carbonyl (C=O) groups is 2. The van der Waals surface area contributed by atoms with Gasteiger partial charge in [-0.2, -0.15) is 0 Å². The third kappa shape index (κ3) is 7.83. The van der Waals surface area contributed by atoms with Crippen LogP contribution >= 0.6 is 15.9 Å². The summed E-state index contributed by atoms with van der Waals surface area (Å²) in [5.41, 5.74) is 1.86. The number of rotatable bonds is 10. The number of nitrogens with zero attached hydrogens (tertiary/aromatic N) is 1. The fourth-order valence-corrected chi connectivity index (χ4v) is 3.95. The molecule has 0 aliphatic heterocycles. The predicted molar refractivity (Wildman–Crippen MR) is 137 cm³/mol. The molecule has 0 saturated carbocycles. The van der Waals surface area contributed by atoms with Crippen LogP contribution in [0.2, 0.25) is 0 Å². The first-order valence-electron chi connectivity index (χ1n) is 11.7. The van der Waals surface area contributed by atoms with E-state index >= 15 is 0 Å². The van der Waals surface area contributed by atoms with Crippen molar-refractivity contribution in [3.63, 3.8) is 0 Å². The molecule has 0 unspecified atom stereocenters. The van der Waals surface area contributed by atoms with Crippen LogP contribution in [-0.4, -0.2) is 35.4 Å². The zero-order valence-electron chi connectivity index (χ0n) is 21.0. The molecule has 0 aliphatic rings. The molecule has 0 aromatic heterocycles. The maximum Gasteiger partial charge on any atom is 0.261 e. The van der Waals surface area contributed by atoms with E-state index < -0.39 is 6.04 Å². The Morgan fingerprint density at radius 2 is 1.74 bits per heavy atom. The highest BCUT2D eigenvalue weighted by Gasteiger charge is 2.29. The van der Waals surface area contributed by atoms with E-state index in [1.54, 1.807) is 12.1 Å². The predicted octanol–water partition coefficient (Wildman–Crippen LogP) is 5.99. The molecule has 0 fully saturated rings. The van der Waals surface area contributed by atoms with Gasteiger partial charge in [0.05, 0.1) is 4.47 Å². The van der Waals surface area contributed by atoms with E-state index in [1.165, 1.54) is 17.0 Å². The van der Waals surface area contributed by atoms with Gasteiger partial charge in [0.15, 0.2) is 6.61 Å². The number of ether oxygens (including phenoxy) is 1. The average Bonchev–Trinajstić information content (AvgIpc) is 2.78. The van der Waals surface area contributed by atoms with E-state index in [-0.39, 0.29) is 42.2 Å². The number of halogens is 2. The Balaban J connectivity index is 2.24. The summed E-state index contributed by atoms with van der Waals surface area (Å²) in [6.45, 7) is 12.1. The zero-order chi connectivity index (χ0) is 25.5. The Labute approximate surface area is 211 Å². The van der Waals surface area contributed by atoms with Gasteiger partial charge in [-0.1, -0.05) is 52.8 Å². The van der Waals surface area contributed by atoms with Crippen molar-refractivity contribution in [1.29, 1.82) is 0 Å². The number of benzene rings is 2. The number of nitrogens with one attached hydrogen (secondary N) is 1. The van der Waals surface area contributed by atoms with Crippen molar-refractivity contribution in [3.05, 3.63) is 63.9 Å². The van der Waals surface area contributed by atoms with E-state index in [0.717, 1.165) is 22.0 Å². The molecule has 0 spiro atoms. The highest BCUT2D eigenvalue weighted by Crippen LogP contribution is 2.31. The van der Waals surface area contributed by atoms with Gasteiger partial charge in [0.2, 0.25) is 5.91 Å². The summed E-state index contributed by atoms with van der Waals surface area (Å²) in [5.74, 6) is -0.319. The van der Waals surface area contributed by atoms with E-state index in [2.05, 4.69) is 42.0 Å². The number of hydrogen-bond donors (Lipinski definition) is 1. The van der Waals surface area contributed by atoms with E-state index in [9.17, 15) is 14.0 Å². The lowest BCUT2D eigenvalue weighted by molar-refractivity contribution is -0.143. The summed E-state index contributed by atoms with van der Waals surface area (Å²) in [6.07, 6.45) is 1.23. The van der Waals surface area contributed by atoms with Crippen LogP contribution in [0, 0.1) is 5.82 Å². The number of hydrogen-bond acceptors (Lipinski definition) is 3. The van der Waals surface area contributed by atoms with Crippen molar-refractivity contribution in [2.24, 2.45) is 0 Å². The molecule has 2 rings (SSSR count). The molecule has 0 aliphatic carbocycles. The van der Waals surface area contributed by atoms with Crippen molar-refractivity contribution in [3.8, 4) is 5.75 Å². The molecule has 34 heavy (non-hydrogen) atoms. The maximum atomic E-state index is 13.4. The fraction of sp³-hybridized carbons (Fsp3) is 0.481. The van der Waals surface area contributed by atoms with Gasteiger partial charge < -0.3 is 15.0 Å². The molecule has 0 radical (unpaired) electrons. The summed E-state index contributed by atoms with van der Waals surface area (Å²) < 4.78 is 20.0. The van der Waals surface area contributed by atoms with Gasteiger partial charge in [0.1, 0.15) is 17.6 Å². The Morgan fingerprint density at radius 3 is 2.26 bits per heavy atom. The highest BCUT2D eigenvalue weighted by molar-refractivity contribution is 9.10. The fourth-order valence-electron chi connectivity index (χ4n) is 3.45. The molecule has 7 heteroatoms. The van der Waals surface area contributed by atoms with Crippen molar-refractivity contribution in [2.75, 3.05) is 6.61 Å². The minimum atomic E-state index is -0.665. The molecule has 186 valence electrons. The van der Waals surface area contributed by atoms with Crippen molar-refractivity contribution in [1.82, 2.24) is 10.2 Å². The second-order valence-corrected chi connectivity index (χ2v) is 10.4. The van der Waals surface area contributed by atoms with Crippen molar-refractivity contribution in [2.45, 2.75) is 78.4 Å². The summed E-state index contributed by atoms with van der Waals surface area (Å²) in [7, 11) is 0. The van der Waals surface area contributed by atoms with E-state index in [4.69, 9.17) is 4.74 Å². The lowest BCUT2D eigenvalue weighted by Gasteiger charge is -2.31. The summed E-state index contributed by atoms with van der Waals surface area (Å²) >= 11 is 3.54. The molecule has 1 N–H and O–H groups in total. The normalized spacial score (nSPS) is 13.2. The van der Waals surface area contributed by atoms with Gasteiger partial charge in [-0.3, -0.25) is 9.59 Å². The Kier molecular flexibility index (Phi) is 10.1. The van der Waals surface area contributed by atoms with Gasteiger partial charge in [0, 0.05) is 12.6 Å². The molecule has 2 aromatic rings. The third-order valence-corrected chi connectivity index (χ3v) is 6.42. The molecule has 5 nitrogen and oxygen atoms in total. The number of carbonyl (C=O) groups excluding carboxylic acids is 2. The Hall–Kier alpha value is -2.41. The standard InChI is InChI=1S/C27H36BrFN2O3/c1-7-18(3)30-26(33)23(8-2)31(16-19-9-12-21(29)13-10-19)25(32)17-34-24-14-11-20(15-22(24)28)27(4,5)6/h9-15,18,23H,7-8,16-17H2,1-6H3,(H,30,33)/t18-,23-/m0/s1. The topological polar surface area (TPSA) is 58.6 Å². The second-order valence-electron chi connectivity index (χ2n) is 9.57. The smallest absolute Gasteiger partial charge is 0.261 e. The Bertz CT molecular complexity index is 973. The first-order chi connectivity index (χ1) is 16.0. The lowest BCUT2D eigenvalue weighted by atomic mass is 9.87. The first-order valence-corrected chi connectivity index (χ1v) is 12.5. The molecule has 2 aromatic carbocycles. The minimum absolute atomic E-state index is 0.00198. The quantitative estimate of drug-likeness (QED) is 0.407. The van der Waals surface area contributed by atoms with Crippen LogP contribution in [0.1, 0.15) is 65.5 Å². The van der Waals surface area contributed by atoms with Gasteiger partial charge in [-0.05, 0) is 76.5 Å². The molecule has 0 bridgehead atoms. The molecule has 2 atom stereocenters. The SMILES string of the molecule is CC[C@H](C)NC(=O)[C@H](CC)N(Cc1ccc(F)cc1)C(=O)COc1ccc(C(C)(C)C)cc1Br. The van der Waals surface area contributed by atoms with Crippen molar-refractivity contribution < 1.29 is 18.7 Å².